The zero-order valence-corrected chi connectivity index (χ0v) is 25.8. The smallest absolute Gasteiger partial charge is 0.329 e. The average molecular weight is 607 g/mol. The summed E-state index contributed by atoms with van der Waals surface area (Å²) in [6.45, 7) is 7.12. The van der Waals surface area contributed by atoms with Gasteiger partial charge in [0.1, 0.15) is 12.1 Å². The van der Waals surface area contributed by atoms with Gasteiger partial charge in [-0.3, -0.25) is 19.2 Å². The van der Waals surface area contributed by atoms with Crippen LogP contribution in [0.5, 0.6) is 0 Å². The van der Waals surface area contributed by atoms with Crippen molar-refractivity contribution in [1.29, 1.82) is 0 Å². The summed E-state index contributed by atoms with van der Waals surface area (Å²) >= 11 is 0. The van der Waals surface area contributed by atoms with E-state index in [0.29, 0.717) is 48.3 Å². The number of hydrogen-bond acceptors (Lipinski definition) is 7. The Kier molecular flexibility index (Phi) is 10.1. The molecular formula is C32H50N2O9. The van der Waals surface area contributed by atoms with Crippen molar-refractivity contribution in [2.75, 3.05) is 0 Å². The fourth-order valence-corrected chi connectivity index (χ4v) is 10.0. The summed E-state index contributed by atoms with van der Waals surface area (Å²) < 4.78 is 5.80. The first-order chi connectivity index (χ1) is 20.2. The van der Waals surface area contributed by atoms with Crippen LogP contribution in [0.25, 0.3) is 0 Å². The van der Waals surface area contributed by atoms with Gasteiger partial charge in [0, 0.05) is 6.42 Å². The zero-order chi connectivity index (χ0) is 31.7. The first-order valence-corrected chi connectivity index (χ1v) is 16.1. The predicted molar refractivity (Wildman–Crippen MR) is 156 cm³/mol. The molecular weight excluding hydrogens is 556 g/mol. The molecule has 4 fully saturated rings. The summed E-state index contributed by atoms with van der Waals surface area (Å²) in [4.78, 5) is 58.9. The Balaban J connectivity index is 1.38. The van der Waals surface area contributed by atoms with Crippen molar-refractivity contribution in [3.8, 4) is 0 Å². The first kappa shape index (κ1) is 33.2. The standard InChI is InChI=1S/C32H50N2O9/c1-17(4-9-26(35)36)21-7-8-22-20-6-5-18-14-19(10-12-31(18,2)23(20)11-13-32(21,22)3)43-30(42)25(16-28(39)40)34-29(41)24(33)15-27(37)38/h17-25H,4-16,33H2,1-3H3,(H,34,41)(H,35,36)(H,37,38)(H,39,40)/t17-,18?,19+,20?,21?,22?,23+,24+,25+,31+,32-/m1/s1. The van der Waals surface area contributed by atoms with Crippen molar-refractivity contribution in [1.82, 2.24) is 5.32 Å². The number of aliphatic carboxylic acids is 3. The van der Waals surface area contributed by atoms with E-state index in [2.05, 4.69) is 26.1 Å². The maximum atomic E-state index is 13.0. The van der Waals surface area contributed by atoms with Gasteiger partial charge in [-0.05, 0) is 111 Å². The van der Waals surface area contributed by atoms with Crippen LogP contribution in [0.4, 0.5) is 0 Å². The maximum Gasteiger partial charge on any atom is 0.329 e. The Morgan fingerprint density at radius 3 is 2.16 bits per heavy atom. The third-order valence-electron chi connectivity index (χ3n) is 12.2. The molecule has 0 radical (unpaired) electrons. The Morgan fingerprint density at radius 1 is 0.860 bits per heavy atom. The number of amides is 1. The van der Waals surface area contributed by atoms with Gasteiger partial charge in [0.05, 0.1) is 18.9 Å². The molecule has 242 valence electrons. The summed E-state index contributed by atoms with van der Waals surface area (Å²) in [5.41, 5.74) is 5.99. The molecule has 4 unspecified atom stereocenters. The molecule has 4 saturated carbocycles. The minimum atomic E-state index is -1.45. The molecule has 0 aromatic carbocycles. The van der Waals surface area contributed by atoms with Gasteiger partial charge in [0.2, 0.25) is 5.91 Å². The molecule has 0 bridgehead atoms. The van der Waals surface area contributed by atoms with E-state index in [9.17, 15) is 34.2 Å². The van der Waals surface area contributed by atoms with Crippen molar-refractivity contribution >= 4 is 29.8 Å². The normalized spacial score (nSPS) is 37.0. The van der Waals surface area contributed by atoms with Crippen LogP contribution in [-0.2, 0) is 28.7 Å². The summed E-state index contributed by atoms with van der Waals surface area (Å²) in [5.74, 6) is -1.76. The zero-order valence-electron chi connectivity index (χ0n) is 25.8. The number of esters is 1. The van der Waals surface area contributed by atoms with Crippen molar-refractivity contribution in [2.45, 2.75) is 122 Å². The Bertz CT molecular complexity index is 1100. The van der Waals surface area contributed by atoms with Gasteiger partial charge < -0.3 is 31.1 Å². The molecule has 0 aromatic heterocycles. The summed E-state index contributed by atoms with van der Waals surface area (Å²) in [5, 5.41) is 29.7. The highest BCUT2D eigenvalue weighted by molar-refractivity contribution is 5.91. The lowest BCUT2D eigenvalue weighted by atomic mass is 9.44. The molecule has 4 aliphatic rings. The number of carboxylic acid groups (broad SMARTS) is 3. The van der Waals surface area contributed by atoms with E-state index in [1.165, 1.54) is 25.7 Å². The third kappa shape index (κ3) is 7.02. The van der Waals surface area contributed by atoms with E-state index in [1.54, 1.807) is 0 Å². The van der Waals surface area contributed by atoms with Gasteiger partial charge in [-0.1, -0.05) is 20.8 Å². The van der Waals surface area contributed by atoms with Crippen LogP contribution < -0.4 is 11.1 Å². The fraction of sp³-hybridized carbons (Fsp3) is 0.844. The molecule has 4 aliphatic carbocycles. The van der Waals surface area contributed by atoms with E-state index >= 15 is 0 Å². The number of nitrogens with two attached hydrogens (primary N) is 1. The highest BCUT2D eigenvalue weighted by atomic mass is 16.5. The number of nitrogens with one attached hydrogen (secondary N) is 1. The fourth-order valence-electron chi connectivity index (χ4n) is 10.0. The Morgan fingerprint density at radius 2 is 1.51 bits per heavy atom. The molecule has 0 saturated heterocycles. The highest BCUT2D eigenvalue weighted by Crippen LogP contribution is 2.68. The molecule has 0 aliphatic heterocycles. The summed E-state index contributed by atoms with van der Waals surface area (Å²) in [6.07, 6.45) is 8.49. The van der Waals surface area contributed by atoms with Crippen LogP contribution in [-0.4, -0.2) is 63.3 Å². The first-order valence-electron chi connectivity index (χ1n) is 16.1. The molecule has 1 amide bonds. The minimum absolute atomic E-state index is 0.137. The van der Waals surface area contributed by atoms with Crippen LogP contribution in [0.15, 0.2) is 0 Å². The van der Waals surface area contributed by atoms with E-state index in [4.69, 9.17) is 15.6 Å². The molecule has 11 heteroatoms. The Labute approximate surface area is 253 Å². The lowest BCUT2D eigenvalue weighted by molar-refractivity contribution is -0.167. The number of hydrogen-bond donors (Lipinski definition) is 5. The predicted octanol–water partition coefficient (Wildman–Crippen LogP) is 3.82. The van der Waals surface area contributed by atoms with Crippen LogP contribution in [0.2, 0.25) is 0 Å². The topological polar surface area (TPSA) is 193 Å². The average Bonchev–Trinajstić information content (AvgIpc) is 3.28. The van der Waals surface area contributed by atoms with Gasteiger partial charge in [0.15, 0.2) is 0 Å². The highest BCUT2D eigenvalue weighted by Gasteiger charge is 2.60. The van der Waals surface area contributed by atoms with Crippen molar-refractivity contribution < 1.29 is 44.0 Å². The second kappa shape index (κ2) is 13.1. The van der Waals surface area contributed by atoms with Crippen molar-refractivity contribution in [3.63, 3.8) is 0 Å². The van der Waals surface area contributed by atoms with E-state index < -0.39 is 54.7 Å². The minimum Gasteiger partial charge on any atom is -0.481 e. The van der Waals surface area contributed by atoms with Crippen LogP contribution in [0, 0.1) is 46.3 Å². The van der Waals surface area contributed by atoms with Gasteiger partial charge in [-0.15, -0.1) is 0 Å². The lowest BCUT2D eigenvalue weighted by Crippen LogP contribution is -2.55. The molecule has 43 heavy (non-hydrogen) atoms. The van der Waals surface area contributed by atoms with Gasteiger partial charge in [0.25, 0.3) is 0 Å². The molecule has 0 aromatic rings. The number of rotatable bonds is 12. The number of carbonyl (C=O) groups is 5. The second-order valence-corrected chi connectivity index (χ2v) is 14.5. The van der Waals surface area contributed by atoms with Gasteiger partial charge in [-0.2, -0.15) is 0 Å². The van der Waals surface area contributed by atoms with E-state index in [1.807, 2.05) is 0 Å². The van der Waals surface area contributed by atoms with E-state index in [0.717, 1.165) is 25.7 Å². The van der Waals surface area contributed by atoms with Crippen molar-refractivity contribution in [3.05, 3.63) is 0 Å². The third-order valence-corrected chi connectivity index (χ3v) is 12.2. The van der Waals surface area contributed by atoms with Crippen LogP contribution >= 0.6 is 0 Å². The van der Waals surface area contributed by atoms with Crippen LogP contribution in [0.3, 0.4) is 0 Å². The number of ether oxygens (including phenoxy) is 1. The molecule has 6 N–H and O–H groups in total. The Hall–Kier alpha value is -2.69. The second-order valence-electron chi connectivity index (χ2n) is 14.5. The molecule has 0 heterocycles. The molecule has 11 atom stereocenters. The number of fused-ring (bicyclic) bond motifs is 5. The molecule has 11 nitrogen and oxygen atoms in total. The quantitative estimate of drug-likeness (QED) is 0.204. The molecule has 0 spiro atoms. The van der Waals surface area contributed by atoms with Gasteiger partial charge >= 0.3 is 23.9 Å². The van der Waals surface area contributed by atoms with Gasteiger partial charge in [-0.25, -0.2) is 4.79 Å². The summed E-state index contributed by atoms with van der Waals surface area (Å²) in [6, 6.07) is -2.86. The SMILES string of the molecule is C[C@H](CCC(=O)O)C1CCC2C3CCC4C[C@@H](OC(=O)[C@H](CC(=O)O)NC(=O)[C@@H](N)CC(=O)O)CC[C@]4(C)[C@H]3CC[C@@]21C. The summed E-state index contributed by atoms with van der Waals surface area (Å²) in [7, 11) is 0. The monoisotopic (exact) mass is 606 g/mol. The van der Waals surface area contributed by atoms with E-state index in [-0.39, 0.29) is 23.4 Å². The lowest BCUT2D eigenvalue weighted by Gasteiger charge is -2.61. The largest absolute Gasteiger partial charge is 0.481 e. The van der Waals surface area contributed by atoms with Crippen LogP contribution in [0.1, 0.15) is 104 Å². The molecule has 4 rings (SSSR count). The number of carbonyl (C=O) groups excluding carboxylic acids is 2. The number of carboxylic acids is 3. The maximum absolute atomic E-state index is 13.0. The van der Waals surface area contributed by atoms with Crippen molar-refractivity contribution in [2.24, 2.45) is 52.1 Å².